The quantitative estimate of drug-likeness (QED) is 0.871. The van der Waals surface area contributed by atoms with Gasteiger partial charge < -0.3 is 14.6 Å². The van der Waals surface area contributed by atoms with Gasteiger partial charge in [-0.3, -0.25) is 14.9 Å². The number of hydrogen-bond donors (Lipinski definition) is 2. The van der Waals surface area contributed by atoms with Crippen LogP contribution >= 0.6 is 11.3 Å². The van der Waals surface area contributed by atoms with E-state index in [1.54, 1.807) is 18.2 Å². The fourth-order valence-corrected chi connectivity index (χ4v) is 2.44. The van der Waals surface area contributed by atoms with E-state index in [9.17, 15) is 9.59 Å². The molecule has 0 aliphatic carbocycles. The first kappa shape index (κ1) is 13.3. The minimum Gasteiger partial charge on any atom is -0.481 e. The van der Waals surface area contributed by atoms with Crippen LogP contribution in [0.3, 0.4) is 0 Å². The number of carboxylic acids is 1. The van der Waals surface area contributed by atoms with E-state index in [-0.39, 0.29) is 24.3 Å². The summed E-state index contributed by atoms with van der Waals surface area (Å²) in [7, 11) is 0. The lowest BCUT2D eigenvalue weighted by atomic mass is 10.2. The maximum absolute atomic E-state index is 12.1. The third-order valence-electron chi connectivity index (χ3n) is 2.62. The Morgan fingerprint density at radius 1 is 1.29 bits per heavy atom. The molecule has 9 heteroatoms. The lowest BCUT2D eigenvalue weighted by Crippen LogP contribution is -2.11. The number of amides is 1. The van der Waals surface area contributed by atoms with Gasteiger partial charge >= 0.3 is 5.97 Å². The van der Waals surface area contributed by atoms with Crippen molar-refractivity contribution in [1.82, 2.24) is 10.2 Å². The molecule has 0 bridgehead atoms. The Morgan fingerprint density at radius 3 is 2.90 bits per heavy atom. The van der Waals surface area contributed by atoms with E-state index in [1.807, 2.05) is 0 Å². The number of rotatable bonds is 4. The number of benzene rings is 1. The van der Waals surface area contributed by atoms with E-state index in [2.05, 4.69) is 15.5 Å². The predicted molar refractivity (Wildman–Crippen MR) is 71.8 cm³/mol. The molecule has 2 aromatic rings. The molecule has 1 aliphatic rings. The number of aliphatic carboxylic acids is 1. The molecule has 0 radical (unpaired) electrons. The van der Waals surface area contributed by atoms with Crippen LogP contribution < -0.4 is 14.8 Å². The Labute approximate surface area is 122 Å². The first-order valence-electron chi connectivity index (χ1n) is 5.87. The van der Waals surface area contributed by atoms with Crippen molar-refractivity contribution in [2.45, 2.75) is 6.42 Å². The molecule has 2 heterocycles. The molecule has 2 N–H and O–H groups in total. The fraction of sp³-hybridized carbons (Fsp3) is 0.167. The first-order valence-corrected chi connectivity index (χ1v) is 6.68. The Morgan fingerprint density at radius 2 is 2.10 bits per heavy atom. The molecule has 21 heavy (non-hydrogen) atoms. The van der Waals surface area contributed by atoms with Gasteiger partial charge in [-0.25, -0.2) is 0 Å². The van der Waals surface area contributed by atoms with Gasteiger partial charge in [0.25, 0.3) is 5.91 Å². The zero-order valence-corrected chi connectivity index (χ0v) is 11.3. The monoisotopic (exact) mass is 307 g/mol. The van der Waals surface area contributed by atoms with Gasteiger partial charge in [-0.05, 0) is 18.2 Å². The summed E-state index contributed by atoms with van der Waals surface area (Å²) in [5.41, 5.74) is 0.384. The zero-order valence-electron chi connectivity index (χ0n) is 10.5. The minimum absolute atomic E-state index is 0.134. The molecular formula is C12H9N3O5S. The van der Waals surface area contributed by atoms with Gasteiger partial charge in [0, 0.05) is 5.56 Å². The molecule has 0 fully saturated rings. The largest absolute Gasteiger partial charge is 0.481 e. The maximum atomic E-state index is 12.1. The number of aromatic nitrogens is 2. The summed E-state index contributed by atoms with van der Waals surface area (Å²) in [6.07, 6.45) is -0.225. The molecule has 0 unspecified atom stereocenters. The average Bonchev–Trinajstić information content (AvgIpc) is 3.06. The lowest BCUT2D eigenvalue weighted by molar-refractivity contribution is -0.136. The number of carbonyl (C=O) groups excluding carboxylic acids is 1. The number of nitrogens with one attached hydrogen (secondary N) is 1. The second-order valence-corrected chi connectivity index (χ2v) is 5.16. The van der Waals surface area contributed by atoms with Crippen molar-refractivity contribution in [2.75, 3.05) is 12.1 Å². The molecule has 8 nitrogen and oxygen atoms in total. The third-order valence-corrected chi connectivity index (χ3v) is 3.46. The van der Waals surface area contributed by atoms with Gasteiger partial charge in [-0.2, -0.15) is 0 Å². The van der Waals surface area contributed by atoms with Crippen molar-refractivity contribution in [3.63, 3.8) is 0 Å². The molecule has 1 aliphatic heterocycles. The van der Waals surface area contributed by atoms with Crippen LogP contribution in [0.25, 0.3) is 0 Å². The van der Waals surface area contributed by atoms with E-state index in [0.717, 1.165) is 11.3 Å². The van der Waals surface area contributed by atoms with Gasteiger partial charge in [0.2, 0.25) is 11.9 Å². The molecule has 3 rings (SSSR count). The summed E-state index contributed by atoms with van der Waals surface area (Å²) in [5, 5.41) is 19.2. The molecule has 1 aromatic carbocycles. The topological polar surface area (TPSA) is 111 Å². The van der Waals surface area contributed by atoms with Gasteiger partial charge in [-0.15, -0.1) is 10.2 Å². The number of fused-ring (bicyclic) bond motifs is 1. The van der Waals surface area contributed by atoms with Crippen molar-refractivity contribution < 1.29 is 24.2 Å². The second kappa shape index (κ2) is 5.37. The summed E-state index contributed by atoms with van der Waals surface area (Å²) < 4.78 is 10.4. The highest BCUT2D eigenvalue weighted by Crippen LogP contribution is 2.32. The molecule has 1 amide bonds. The van der Waals surface area contributed by atoms with Crippen LogP contribution in [0.4, 0.5) is 5.13 Å². The highest BCUT2D eigenvalue weighted by atomic mass is 32.1. The van der Waals surface area contributed by atoms with E-state index in [0.29, 0.717) is 22.1 Å². The predicted octanol–water partition coefficient (Wildman–Crippen LogP) is 1.15. The Kier molecular flexibility index (Phi) is 3.40. The van der Waals surface area contributed by atoms with Crippen LogP contribution in [0.2, 0.25) is 0 Å². The van der Waals surface area contributed by atoms with Crippen molar-refractivity contribution in [3.05, 3.63) is 28.8 Å². The van der Waals surface area contributed by atoms with Crippen molar-refractivity contribution in [1.29, 1.82) is 0 Å². The highest BCUT2D eigenvalue weighted by Gasteiger charge is 2.17. The van der Waals surface area contributed by atoms with Crippen LogP contribution in [0.5, 0.6) is 11.5 Å². The Hall–Kier alpha value is -2.68. The average molecular weight is 307 g/mol. The Balaban J connectivity index is 1.71. The van der Waals surface area contributed by atoms with Crippen molar-refractivity contribution >= 4 is 28.3 Å². The van der Waals surface area contributed by atoms with Crippen molar-refractivity contribution in [3.8, 4) is 11.5 Å². The zero-order chi connectivity index (χ0) is 14.8. The van der Waals surface area contributed by atoms with Crippen LogP contribution in [-0.2, 0) is 11.2 Å². The SMILES string of the molecule is O=C(O)Cc1nnc(NC(=O)c2ccc3c(c2)OCO3)s1. The smallest absolute Gasteiger partial charge is 0.310 e. The van der Waals surface area contributed by atoms with Gasteiger partial charge in [0.05, 0.1) is 6.42 Å². The number of ether oxygens (including phenoxy) is 2. The fourth-order valence-electron chi connectivity index (χ4n) is 1.71. The Bertz CT molecular complexity index is 715. The van der Waals surface area contributed by atoms with Gasteiger partial charge in [-0.1, -0.05) is 11.3 Å². The standard InChI is InChI=1S/C12H9N3O5S/c16-10(17)4-9-14-15-12(21-9)13-11(18)6-1-2-7-8(3-6)20-5-19-7/h1-3H,4-5H2,(H,16,17)(H,13,15,18). The van der Waals surface area contributed by atoms with Crippen LogP contribution in [0, 0.1) is 0 Å². The first-order chi connectivity index (χ1) is 10.1. The van der Waals surface area contributed by atoms with Gasteiger partial charge in [0.1, 0.15) is 5.01 Å². The van der Waals surface area contributed by atoms with Crippen LogP contribution in [0.1, 0.15) is 15.4 Å². The van der Waals surface area contributed by atoms with E-state index < -0.39 is 5.97 Å². The lowest BCUT2D eigenvalue weighted by Gasteiger charge is -2.02. The molecule has 0 saturated heterocycles. The number of anilines is 1. The number of nitrogens with zero attached hydrogens (tertiary/aromatic N) is 2. The van der Waals surface area contributed by atoms with Crippen molar-refractivity contribution in [2.24, 2.45) is 0 Å². The van der Waals surface area contributed by atoms with Crippen LogP contribution in [0.15, 0.2) is 18.2 Å². The summed E-state index contributed by atoms with van der Waals surface area (Å²) in [4.78, 5) is 22.6. The molecular weight excluding hydrogens is 298 g/mol. The van der Waals surface area contributed by atoms with E-state index >= 15 is 0 Å². The molecule has 108 valence electrons. The second-order valence-electron chi connectivity index (χ2n) is 4.09. The maximum Gasteiger partial charge on any atom is 0.310 e. The van der Waals surface area contributed by atoms with E-state index in [4.69, 9.17) is 14.6 Å². The summed E-state index contributed by atoms with van der Waals surface area (Å²) in [6.45, 7) is 0.134. The third kappa shape index (κ3) is 2.92. The molecule has 0 spiro atoms. The summed E-state index contributed by atoms with van der Waals surface area (Å²) in [6, 6.07) is 4.81. The molecule has 0 atom stereocenters. The van der Waals surface area contributed by atoms with E-state index in [1.165, 1.54) is 0 Å². The van der Waals surface area contributed by atoms with Crippen LogP contribution in [-0.4, -0.2) is 34.0 Å². The molecule has 1 aromatic heterocycles. The van der Waals surface area contributed by atoms with Gasteiger partial charge in [0.15, 0.2) is 11.5 Å². The summed E-state index contributed by atoms with van der Waals surface area (Å²) >= 11 is 1.02. The number of carboxylic acid groups (broad SMARTS) is 1. The normalized spacial score (nSPS) is 12.2. The minimum atomic E-state index is -1.00. The highest BCUT2D eigenvalue weighted by molar-refractivity contribution is 7.15. The molecule has 0 saturated carbocycles. The number of hydrogen-bond acceptors (Lipinski definition) is 7. The summed E-state index contributed by atoms with van der Waals surface area (Å²) in [5.74, 6) is -0.288. The number of carbonyl (C=O) groups is 2.